The maximum atomic E-state index is 9.61. The van der Waals surface area contributed by atoms with E-state index in [1.807, 2.05) is 13.8 Å². The first-order chi connectivity index (χ1) is 8.27. The minimum absolute atomic E-state index is 0.266. The molecular weight excluding hydrogens is 240 g/mol. The summed E-state index contributed by atoms with van der Waals surface area (Å²) in [4.78, 5) is 0. The molecule has 3 aliphatic heterocycles. The van der Waals surface area contributed by atoms with E-state index in [4.69, 9.17) is 23.7 Å². The summed E-state index contributed by atoms with van der Waals surface area (Å²) in [5.41, 5.74) is 0. The number of ether oxygens (including phenoxy) is 5. The van der Waals surface area contributed by atoms with E-state index in [9.17, 15) is 5.11 Å². The molecule has 18 heavy (non-hydrogen) atoms. The van der Waals surface area contributed by atoms with Crippen molar-refractivity contribution in [3.05, 3.63) is 0 Å². The van der Waals surface area contributed by atoms with Gasteiger partial charge in [0.25, 0.3) is 0 Å². The summed E-state index contributed by atoms with van der Waals surface area (Å²) in [5.74, 6) is -2.60. The first kappa shape index (κ1) is 12.8. The molecule has 0 aromatic rings. The van der Waals surface area contributed by atoms with Crippen molar-refractivity contribution in [2.24, 2.45) is 0 Å². The molecule has 104 valence electrons. The molecule has 0 amide bonds. The molecule has 4 atom stereocenters. The van der Waals surface area contributed by atoms with Crippen molar-refractivity contribution >= 4 is 0 Å². The van der Waals surface area contributed by atoms with Crippen molar-refractivity contribution in [3.8, 4) is 0 Å². The number of hydrogen-bond acceptors (Lipinski definition) is 6. The van der Waals surface area contributed by atoms with Gasteiger partial charge in [-0.2, -0.15) is 0 Å². The van der Waals surface area contributed by atoms with Gasteiger partial charge in [-0.3, -0.25) is 0 Å². The summed E-state index contributed by atoms with van der Waals surface area (Å²) in [6.07, 6.45) is -1.00. The molecule has 0 aromatic heterocycles. The van der Waals surface area contributed by atoms with E-state index in [0.29, 0.717) is 6.61 Å². The zero-order valence-corrected chi connectivity index (χ0v) is 11.1. The highest BCUT2D eigenvalue weighted by molar-refractivity contribution is 5.04. The van der Waals surface area contributed by atoms with E-state index in [1.54, 1.807) is 13.8 Å². The van der Waals surface area contributed by atoms with E-state index >= 15 is 0 Å². The largest absolute Gasteiger partial charge is 0.391 e. The summed E-state index contributed by atoms with van der Waals surface area (Å²) >= 11 is 0. The maximum absolute atomic E-state index is 9.61. The molecular formula is C12H20O6. The van der Waals surface area contributed by atoms with E-state index in [1.165, 1.54) is 0 Å². The fourth-order valence-corrected chi connectivity index (χ4v) is 2.89. The monoisotopic (exact) mass is 260 g/mol. The highest BCUT2D eigenvalue weighted by Gasteiger charge is 2.67. The fourth-order valence-electron chi connectivity index (χ4n) is 2.89. The molecule has 1 unspecified atom stereocenters. The van der Waals surface area contributed by atoms with Crippen LogP contribution in [0.25, 0.3) is 0 Å². The van der Waals surface area contributed by atoms with E-state index in [2.05, 4.69) is 0 Å². The summed E-state index contributed by atoms with van der Waals surface area (Å²) < 4.78 is 28.8. The molecule has 0 bridgehead atoms. The van der Waals surface area contributed by atoms with Gasteiger partial charge in [0.15, 0.2) is 11.6 Å². The van der Waals surface area contributed by atoms with Gasteiger partial charge in [0.2, 0.25) is 5.79 Å². The lowest BCUT2D eigenvalue weighted by Crippen LogP contribution is -2.51. The second-order valence-electron chi connectivity index (χ2n) is 5.96. The SMILES string of the molecule is CC1(C)OC[C@H]2OC3(CO)OC(C)(C)O[C@H]3[C@@H]2O1. The Kier molecular flexibility index (Phi) is 2.59. The second kappa shape index (κ2) is 3.65. The van der Waals surface area contributed by atoms with Gasteiger partial charge in [-0.15, -0.1) is 0 Å². The van der Waals surface area contributed by atoms with Crippen molar-refractivity contribution < 1.29 is 28.8 Å². The molecule has 6 nitrogen and oxygen atoms in total. The molecule has 0 saturated carbocycles. The van der Waals surface area contributed by atoms with Crippen LogP contribution >= 0.6 is 0 Å². The third kappa shape index (κ3) is 1.79. The number of aliphatic hydroxyl groups excluding tert-OH is 1. The summed E-state index contributed by atoms with van der Waals surface area (Å²) in [6, 6.07) is 0. The summed E-state index contributed by atoms with van der Waals surface area (Å²) in [5, 5.41) is 9.61. The molecule has 1 N–H and O–H groups in total. The Balaban J connectivity index is 1.88. The smallest absolute Gasteiger partial charge is 0.224 e. The molecule has 3 fully saturated rings. The summed E-state index contributed by atoms with van der Waals surface area (Å²) in [7, 11) is 0. The molecule has 3 aliphatic rings. The van der Waals surface area contributed by atoms with Crippen LogP contribution in [0.5, 0.6) is 0 Å². The Morgan fingerprint density at radius 3 is 2.44 bits per heavy atom. The highest BCUT2D eigenvalue weighted by atomic mass is 16.9. The third-order valence-corrected chi connectivity index (χ3v) is 3.51. The Hall–Kier alpha value is -0.240. The molecule has 0 aromatic carbocycles. The Labute approximate surface area is 106 Å². The van der Waals surface area contributed by atoms with Crippen LogP contribution in [0.15, 0.2) is 0 Å². The quantitative estimate of drug-likeness (QED) is 0.735. The third-order valence-electron chi connectivity index (χ3n) is 3.51. The molecule has 3 saturated heterocycles. The van der Waals surface area contributed by atoms with Crippen LogP contribution in [-0.2, 0) is 23.7 Å². The predicted molar refractivity (Wildman–Crippen MR) is 59.6 cm³/mol. The van der Waals surface area contributed by atoms with Crippen molar-refractivity contribution in [2.45, 2.75) is 63.4 Å². The van der Waals surface area contributed by atoms with Crippen LogP contribution in [0.4, 0.5) is 0 Å². The lowest BCUT2D eigenvalue weighted by molar-refractivity contribution is -0.330. The molecule has 6 heteroatoms. The van der Waals surface area contributed by atoms with Crippen LogP contribution in [0.2, 0.25) is 0 Å². The first-order valence-corrected chi connectivity index (χ1v) is 6.25. The van der Waals surface area contributed by atoms with Crippen molar-refractivity contribution in [1.82, 2.24) is 0 Å². The molecule has 0 aliphatic carbocycles. The van der Waals surface area contributed by atoms with E-state index in [-0.39, 0.29) is 18.8 Å². The molecule has 0 radical (unpaired) electrons. The van der Waals surface area contributed by atoms with Crippen LogP contribution in [0.1, 0.15) is 27.7 Å². The average Bonchev–Trinajstić information content (AvgIpc) is 2.66. The van der Waals surface area contributed by atoms with E-state index < -0.39 is 23.5 Å². The van der Waals surface area contributed by atoms with Crippen LogP contribution in [-0.4, -0.2) is 54.0 Å². The summed E-state index contributed by atoms with van der Waals surface area (Å²) in [6.45, 7) is 7.43. The highest BCUT2D eigenvalue weighted by Crippen LogP contribution is 2.48. The Bertz CT molecular complexity index is 354. The topological polar surface area (TPSA) is 66.4 Å². The van der Waals surface area contributed by atoms with Crippen molar-refractivity contribution in [1.29, 1.82) is 0 Å². The van der Waals surface area contributed by atoms with Gasteiger partial charge in [-0.05, 0) is 27.7 Å². The first-order valence-electron chi connectivity index (χ1n) is 6.25. The van der Waals surface area contributed by atoms with Gasteiger partial charge >= 0.3 is 0 Å². The van der Waals surface area contributed by atoms with Crippen LogP contribution in [0.3, 0.4) is 0 Å². The Morgan fingerprint density at radius 2 is 1.78 bits per heavy atom. The van der Waals surface area contributed by atoms with Gasteiger partial charge in [0, 0.05) is 0 Å². The molecule has 3 rings (SSSR count). The lowest BCUT2D eigenvalue weighted by atomic mass is 10.0. The number of aliphatic hydroxyl groups is 1. The lowest BCUT2D eigenvalue weighted by Gasteiger charge is -2.38. The molecule has 0 spiro atoms. The minimum atomic E-state index is -1.14. The zero-order valence-electron chi connectivity index (χ0n) is 11.1. The fraction of sp³-hybridized carbons (Fsp3) is 1.00. The molecule has 3 heterocycles. The van der Waals surface area contributed by atoms with Crippen molar-refractivity contribution in [3.63, 3.8) is 0 Å². The average molecular weight is 260 g/mol. The van der Waals surface area contributed by atoms with Gasteiger partial charge in [0.05, 0.1) is 6.61 Å². The van der Waals surface area contributed by atoms with Gasteiger partial charge in [-0.25, -0.2) is 0 Å². The zero-order chi connectivity index (χ0) is 13.2. The van der Waals surface area contributed by atoms with Crippen LogP contribution in [0, 0.1) is 0 Å². The van der Waals surface area contributed by atoms with Crippen molar-refractivity contribution in [2.75, 3.05) is 13.2 Å². The Morgan fingerprint density at radius 1 is 1.06 bits per heavy atom. The second-order valence-corrected chi connectivity index (χ2v) is 5.96. The number of rotatable bonds is 1. The normalized spacial score (nSPS) is 48.8. The minimum Gasteiger partial charge on any atom is -0.391 e. The maximum Gasteiger partial charge on any atom is 0.224 e. The van der Waals surface area contributed by atoms with Crippen LogP contribution < -0.4 is 0 Å². The standard InChI is InChI=1S/C12H20O6/c1-10(2)14-5-7-8(16-10)9-12(6-13,15-7)18-11(3,4)17-9/h7-9,13H,5-6H2,1-4H3/t7-,8-,9+,12?/m1/s1. The van der Waals surface area contributed by atoms with E-state index in [0.717, 1.165) is 0 Å². The predicted octanol–water partition coefficient (Wildman–Crippen LogP) is 0.377. The van der Waals surface area contributed by atoms with Gasteiger partial charge < -0.3 is 28.8 Å². The van der Waals surface area contributed by atoms with Gasteiger partial charge in [-0.1, -0.05) is 0 Å². The number of fused-ring (bicyclic) bond motifs is 3. The number of hydrogen-bond donors (Lipinski definition) is 1. The van der Waals surface area contributed by atoms with Gasteiger partial charge in [0.1, 0.15) is 24.9 Å².